The molecule has 0 aliphatic carbocycles. The number of esters is 1. The van der Waals surface area contributed by atoms with E-state index in [-0.39, 0.29) is 11.3 Å². The topological polar surface area (TPSA) is 111 Å². The van der Waals surface area contributed by atoms with E-state index in [1.165, 1.54) is 12.1 Å². The molecule has 3 amide bonds. The first-order valence-electron chi connectivity index (χ1n) is 9.06. The van der Waals surface area contributed by atoms with Crippen LogP contribution in [0.25, 0.3) is 0 Å². The second kappa shape index (κ2) is 10.8. The van der Waals surface area contributed by atoms with E-state index in [9.17, 15) is 28.0 Å². The van der Waals surface area contributed by atoms with Crippen molar-refractivity contribution in [2.45, 2.75) is 20.5 Å². The van der Waals surface area contributed by atoms with Gasteiger partial charge in [0.25, 0.3) is 17.7 Å². The zero-order chi connectivity index (χ0) is 23.0. The Bertz CT molecular complexity index is 976. The molecule has 0 fully saturated rings. The van der Waals surface area contributed by atoms with Gasteiger partial charge in [0.1, 0.15) is 12.3 Å². The van der Waals surface area contributed by atoms with E-state index in [0.717, 1.165) is 23.3 Å². The summed E-state index contributed by atoms with van der Waals surface area (Å²) in [6, 6.07) is 9.75. The van der Waals surface area contributed by atoms with Crippen molar-refractivity contribution in [3.05, 3.63) is 64.7 Å². The van der Waals surface area contributed by atoms with Gasteiger partial charge in [0.2, 0.25) is 0 Å². The third-order valence-corrected chi connectivity index (χ3v) is 4.12. The van der Waals surface area contributed by atoms with Gasteiger partial charge in [-0.1, -0.05) is 6.07 Å². The number of alkyl halides is 2. The molecule has 2 aromatic carbocycles. The molecule has 0 radical (unpaired) electrons. The molecule has 0 saturated heterocycles. The number of hydrogen-bond acceptors (Lipinski definition) is 6. The molecule has 0 bridgehead atoms. The molecule has 164 valence electrons. The van der Waals surface area contributed by atoms with Gasteiger partial charge in [0, 0.05) is 11.1 Å². The van der Waals surface area contributed by atoms with Crippen LogP contribution >= 0.6 is 0 Å². The summed E-state index contributed by atoms with van der Waals surface area (Å²) < 4.78 is 33.1. The van der Waals surface area contributed by atoms with Crippen molar-refractivity contribution >= 4 is 23.7 Å². The minimum Gasteiger partial charge on any atom is -0.454 e. The number of ether oxygens (including phenoxy) is 2. The van der Waals surface area contributed by atoms with Gasteiger partial charge in [-0.05, 0) is 61.4 Å². The standard InChI is InChI=1S/C21H20F2N2O6/c1-12-3-4-15(9-13(12)2)19(28)24-10-18(27)30-11-17(26)25-20(29)14-5-7-16(8-6-14)31-21(22)23/h3-9,21H,10-11H2,1-2H3,(H,24,28)(H,25,26,29). The molecule has 0 heterocycles. The zero-order valence-corrected chi connectivity index (χ0v) is 16.7. The maximum Gasteiger partial charge on any atom is 0.387 e. The molecule has 10 heteroatoms. The Morgan fingerprint density at radius 1 is 0.903 bits per heavy atom. The third-order valence-electron chi connectivity index (χ3n) is 4.12. The molecule has 0 aliphatic heterocycles. The average molecular weight is 434 g/mol. The lowest BCUT2D eigenvalue weighted by molar-refractivity contribution is -0.147. The van der Waals surface area contributed by atoms with Crippen LogP contribution in [0.15, 0.2) is 42.5 Å². The summed E-state index contributed by atoms with van der Waals surface area (Å²) in [5.41, 5.74) is 2.34. The van der Waals surface area contributed by atoms with Gasteiger partial charge >= 0.3 is 12.6 Å². The number of aryl methyl sites for hydroxylation is 2. The fourth-order valence-corrected chi connectivity index (χ4v) is 2.36. The summed E-state index contributed by atoms with van der Waals surface area (Å²) in [5, 5.41) is 4.36. The quantitative estimate of drug-likeness (QED) is 0.616. The minimum absolute atomic E-state index is 0.0157. The summed E-state index contributed by atoms with van der Waals surface area (Å²) in [6.07, 6.45) is 0. The predicted molar refractivity (Wildman–Crippen MR) is 105 cm³/mol. The molecule has 0 spiro atoms. The molecule has 8 nitrogen and oxygen atoms in total. The molecule has 31 heavy (non-hydrogen) atoms. The monoisotopic (exact) mass is 434 g/mol. The Balaban J connectivity index is 1.74. The number of benzene rings is 2. The van der Waals surface area contributed by atoms with E-state index in [1.807, 2.05) is 19.2 Å². The van der Waals surface area contributed by atoms with Gasteiger partial charge in [-0.2, -0.15) is 8.78 Å². The van der Waals surface area contributed by atoms with E-state index in [4.69, 9.17) is 4.74 Å². The molecule has 0 atom stereocenters. The fourth-order valence-electron chi connectivity index (χ4n) is 2.36. The molecule has 0 aromatic heterocycles. The number of hydrogen-bond donors (Lipinski definition) is 2. The summed E-state index contributed by atoms with van der Waals surface area (Å²) in [5.74, 6) is -3.19. The average Bonchev–Trinajstić information content (AvgIpc) is 2.72. The number of halogens is 2. The van der Waals surface area contributed by atoms with Crippen LogP contribution in [0.5, 0.6) is 5.75 Å². The highest BCUT2D eigenvalue weighted by Gasteiger charge is 2.14. The highest BCUT2D eigenvalue weighted by atomic mass is 19.3. The first-order valence-corrected chi connectivity index (χ1v) is 9.06. The maximum absolute atomic E-state index is 12.1. The van der Waals surface area contributed by atoms with Crippen molar-refractivity contribution in [3.8, 4) is 5.75 Å². The Kier molecular flexibility index (Phi) is 8.18. The molecular weight excluding hydrogens is 414 g/mol. The Hall–Kier alpha value is -3.82. The first-order chi connectivity index (χ1) is 14.7. The number of nitrogens with one attached hydrogen (secondary N) is 2. The van der Waals surface area contributed by atoms with Crippen LogP contribution in [-0.4, -0.2) is 43.5 Å². The van der Waals surface area contributed by atoms with E-state index in [2.05, 4.69) is 10.1 Å². The summed E-state index contributed by atoms with van der Waals surface area (Å²) in [4.78, 5) is 47.4. The first kappa shape index (κ1) is 23.5. The van der Waals surface area contributed by atoms with Crippen molar-refractivity contribution in [1.82, 2.24) is 10.6 Å². The highest BCUT2D eigenvalue weighted by molar-refractivity contribution is 6.05. The van der Waals surface area contributed by atoms with Crippen molar-refractivity contribution < 1.29 is 37.4 Å². The SMILES string of the molecule is Cc1ccc(C(=O)NCC(=O)OCC(=O)NC(=O)c2ccc(OC(F)F)cc2)cc1C. The van der Waals surface area contributed by atoms with Gasteiger partial charge in [-0.15, -0.1) is 0 Å². The van der Waals surface area contributed by atoms with Gasteiger partial charge in [-0.3, -0.25) is 24.5 Å². The minimum atomic E-state index is -3.00. The summed E-state index contributed by atoms with van der Waals surface area (Å²) >= 11 is 0. The lowest BCUT2D eigenvalue weighted by Crippen LogP contribution is -2.36. The largest absolute Gasteiger partial charge is 0.454 e. The zero-order valence-electron chi connectivity index (χ0n) is 16.7. The van der Waals surface area contributed by atoms with Crippen LogP contribution in [0.1, 0.15) is 31.8 Å². The van der Waals surface area contributed by atoms with Crippen LogP contribution in [0.4, 0.5) is 8.78 Å². The lowest BCUT2D eigenvalue weighted by atomic mass is 10.1. The molecule has 2 rings (SSSR count). The molecular formula is C21H20F2N2O6. The van der Waals surface area contributed by atoms with E-state index in [0.29, 0.717) is 5.56 Å². The molecule has 2 N–H and O–H groups in total. The van der Waals surface area contributed by atoms with Gasteiger partial charge < -0.3 is 14.8 Å². The van der Waals surface area contributed by atoms with Crippen LogP contribution in [0.2, 0.25) is 0 Å². The number of amides is 3. The Morgan fingerprint density at radius 3 is 2.16 bits per heavy atom. The third kappa shape index (κ3) is 7.50. The molecule has 0 saturated carbocycles. The number of carbonyl (C=O) groups excluding carboxylic acids is 4. The number of carbonyl (C=O) groups is 4. The van der Waals surface area contributed by atoms with Crippen molar-refractivity contribution in [2.24, 2.45) is 0 Å². The molecule has 0 aliphatic rings. The highest BCUT2D eigenvalue weighted by Crippen LogP contribution is 2.14. The Labute approximate surface area is 176 Å². The lowest BCUT2D eigenvalue weighted by Gasteiger charge is -2.08. The van der Waals surface area contributed by atoms with Crippen LogP contribution in [0, 0.1) is 13.8 Å². The number of rotatable bonds is 8. The normalized spacial score (nSPS) is 10.4. The van der Waals surface area contributed by atoms with E-state index < -0.39 is 43.5 Å². The fraction of sp³-hybridized carbons (Fsp3) is 0.238. The Morgan fingerprint density at radius 2 is 1.55 bits per heavy atom. The van der Waals surface area contributed by atoms with E-state index >= 15 is 0 Å². The summed E-state index contributed by atoms with van der Waals surface area (Å²) in [7, 11) is 0. The van der Waals surface area contributed by atoms with Gasteiger partial charge in [0.05, 0.1) is 0 Å². The van der Waals surface area contributed by atoms with Crippen molar-refractivity contribution in [1.29, 1.82) is 0 Å². The molecule has 0 unspecified atom stereocenters. The second-order valence-electron chi connectivity index (χ2n) is 6.42. The van der Waals surface area contributed by atoms with E-state index in [1.54, 1.807) is 18.2 Å². The summed E-state index contributed by atoms with van der Waals surface area (Å²) in [6.45, 7) is -0.441. The second-order valence-corrected chi connectivity index (χ2v) is 6.42. The van der Waals surface area contributed by atoms with Crippen LogP contribution in [0.3, 0.4) is 0 Å². The molecule has 2 aromatic rings. The predicted octanol–water partition coefficient (Wildman–Crippen LogP) is 2.13. The van der Waals surface area contributed by atoms with Gasteiger partial charge in [0.15, 0.2) is 6.61 Å². The smallest absolute Gasteiger partial charge is 0.387 e. The maximum atomic E-state index is 12.1. The van der Waals surface area contributed by atoms with Gasteiger partial charge in [-0.25, -0.2) is 0 Å². The van der Waals surface area contributed by atoms with Crippen molar-refractivity contribution in [2.75, 3.05) is 13.2 Å². The van der Waals surface area contributed by atoms with Crippen LogP contribution < -0.4 is 15.4 Å². The van der Waals surface area contributed by atoms with Crippen molar-refractivity contribution in [3.63, 3.8) is 0 Å². The number of imide groups is 1. The van der Waals surface area contributed by atoms with Crippen LogP contribution in [-0.2, 0) is 14.3 Å².